The van der Waals surface area contributed by atoms with E-state index in [0.29, 0.717) is 0 Å². The lowest BCUT2D eigenvalue weighted by Gasteiger charge is -1.96. The Bertz CT molecular complexity index is 71.3. The zero-order valence-corrected chi connectivity index (χ0v) is 6.82. The standard InChI is InChI=1S/C7H15NS/c1-2-3-4-5-8-6-7-9/h6-9H,2-5H2,1H3/b7-6+. The number of unbranched alkanes of at least 4 members (excludes halogenated alkanes) is 2. The third-order valence-electron chi connectivity index (χ3n) is 1.12. The Labute approximate surface area is 62.9 Å². The van der Waals surface area contributed by atoms with Gasteiger partial charge in [0.1, 0.15) is 0 Å². The van der Waals surface area contributed by atoms with Crippen LogP contribution < -0.4 is 5.32 Å². The first-order chi connectivity index (χ1) is 4.41. The maximum absolute atomic E-state index is 3.90. The molecule has 2 heteroatoms. The first kappa shape index (κ1) is 8.89. The number of nitrogens with one attached hydrogen (secondary N) is 1. The van der Waals surface area contributed by atoms with Crippen LogP contribution in [0, 0.1) is 0 Å². The minimum atomic E-state index is 1.07. The second-order valence-corrected chi connectivity index (χ2v) is 2.28. The lowest BCUT2D eigenvalue weighted by atomic mass is 10.2. The summed E-state index contributed by atoms with van der Waals surface area (Å²) in [5.74, 6) is 0. The molecule has 1 nitrogen and oxygen atoms in total. The number of rotatable bonds is 5. The van der Waals surface area contributed by atoms with Gasteiger partial charge in [-0.2, -0.15) is 0 Å². The quantitative estimate of drug-likeness (QED) is 0.446. The van der Waals surface area contributed by atoms with Gasteiger partial charge in [-0.25, -0.2) is 0 Å². The van der Waals surface area contributed by atoms with Gasteiger partial charge in [-0.05, 0) is 11.8 Å². The molecule has 54 valence electrons. The van der Waals surface area contributed by atoms with Gasteiger partial charge in [0, 0.05) is 12.7 Å². The van der Waals surface area contributed by atoms with Crippen LogP contribution in [0.2, 0.25) is 0 Å². The number of hydrogen-bond donors (Lipinski definition) is 2. The van der Waals surface area contributed by atoms with Gasteiger partial charge in [-0.3, -0.25) is 0 Å². The molecular weight excluding hydrogens is 130 g/mol. The maximum Gasteiger partial charge on any atom is 0.0141 e. The van der Waals surface area contributed by atoms with Crippen molar-refractivity contribution >= 4 is 12.6 Å². The van der Waals surface area contributed by atoms with Crippen LogP contribution >= 0.6 is 12.6 Å². The van der Waals surface area contributed by atoms with E-state index in [-0.39, 0.29) is 0 Å². The molecule has 0 heterocycles. The predicted molar refractivity (Wildman–Crippen MR) is 45.7 cm³/mol. The fourth-order valence-corrected chi connectivity index (χ4v) is 0.719. The van der Waals surface area contributed by atoms with Gasteiger partial charge in [0.2, 0.25) is 0 Å². The van der Waals surface area contributed by atoms with Crippen LogP contribution in [0.25, 0.3) is 0 Å². The van der Waals surface area contributed by atoms with Crippen molar-refractivity contribution < 1.29 is 0 Å². The van der Waals surface area contributed by atoms with Gasteiger partial charge in [0.05, 0.1) is 0 Å². The molecule has 1 N–H and O–H groups in total. The van der Waals surface area contributed by atoms with E-state index in [4.69, 9.17) is 0 Å². The number of thiol groups is 1. The molecule has 0 aliphatic carbocycles. The molecule has 0 aromatic carbocycles. The van der Waals surface area contributed by atoms with E-state index in [2.05, 4.69) is 24.9 Å². The third-order valence-corrected chi connectivity index (χ3v) is 1.27. The van der Waals surface area contributed by atoms with Crippen molar-refractivity contribution in [3.8, 4) is 0 Å². The maximum atomic E-state index is 3.90. The largest absolute Gasteiger partial charge is 0.390 e. The summed E-state index contributed by atoms with van der Waals surface area (Å²) in [7, 11) is 0. The fraction of sp³-hybridized carbons (Fsp3) is 0.714. The molecule has 0 saturated heterocycles. The van der Waals surface area contributed by atoms with E-state index in [1.54, 1.807) is 5.41 Å². The molecule has 0 saturated carbocycles. The van der Waals surface area contributed by atoms with Crippen LogP contribution in [0.15, 0.2) is 11.6 Å². The monoisotopic (exact) mass is 145 g/mol. The minimum absolute atomic E-state index is 1.07. The van der Waals surface area contributed by atoms with Crippen molar-refractivity contribution in [2.45, 2.75) is 26.2 Å². The molecule has 9 heavy (non-hydrogen) atoms. The van der Waals surface area contributed by atoms with E-state index in [1.807, 2.05) is 6.20 Å². The van der Waals surface area contributed by atoms with Crippen LogP contribution in [0.5, 0.6) is 0 Å². The highest BCUT2D eigenvalue weighted by Gasteiger charge is 1.80. The SMILES string of the molecule is CCCCCN/C=C/S. The van der Waals surface area contributed by atoms with Gasteiger partial charge in [-0.15, -0.1) is 12.6 Å². The van der Waals surface area contributed by atoms with Crippen molar-refractivity contribution in [3.05, 3.63) is 11.6 Å². The van der Waals surface area contributed by atoms with Crippen molar-refractivity contribution in [2.24, 2.45) is 0 Å². The van der Waals surface area contributed by atoms with Crippen molar-refractivity contribution in [2.75, 3.05) is 6.54 Å². The molecule has 0 atom stereocenters. The van der Waals surface area contributed by atoms with Crippen LogP contribution in [0.1, 0.15) is 26.2 Å². The average molecular weight is 145 g/mol. The highest BCUT2D eigenvalue weighted by atomic mass is 32.1. The molecule has 0 spiro atoms. The Morgan fingerprint density at radius 2 is 2.22 bits per heavy atom. The normalized spacial score (nSPS) is 10.4. The van der Waals surface area contributed by atoms with Crippen LogP contribution in [-0.2, 0) is 0 Å². The fourth-order valence-electron chi connectivity index (χ4n) is 0.613. The molecule has 0 rings (SSSR count). The smallest absolute Gasteiger partial charge is 0.0141 e. The van der Waals surface area contributed by atoms with Gasteiger partial charge in [0.15, 0.2) is 0 Å². The first-order valence-corrected chi connectivity index (χ1v) is 3.96. The summed E-state index contributed by atoms with van der Waals surface area (Å²) >= 11 is 3.90. The van der Waals surface area contributed by atoms with Gasteiger partial charge in [-0.1, -0.05) is 19.8 Å². The molecule has 0 fully saturated rings. The van der Waals surface area contributed by atoms with Crippen LogP contribution in [0.3, 0.4) is 0 Å². The molecule has 0 radical (unpaired) electrons. The number of hydrogen-bond acceptors (Lipinski definition) is 2. The summed E-state index contributed by atoms with van der Waals surface area (Å²) in [5, 5.41) is 4.83. The molecule has 0 amide bonds. The highest BCUT2D eigenvalue weighted by Crippen LogP contribution is 1.90. The van der Waals surface area contributed by atoms with Crippen molar-refractivity contribution in [3.63, 3.8) is 0 Å². The molecule has 0 bridgehead atoms. The van der Waals surface area contributed by atoms with Gasteiger partial charge in [0.25, 0.3) is 0 Å². The summed E-state index contributed by atoms with van der Waals surface area (Å²) in [6.45, 7) is 3.28. The lowest BCUT2D eigenvalue weighted by Crippen LogP contribution is -2.05. The summed E-state index contributed by atoms with van der Waals surface area (Å²) in [5.41, 5.74) is 0. The van der Waals surface area contributed by atoms with Crippen molar-refractivity contribution in [1.82, 2.24) is 5.32 Å². The predicted octanol–water partition coefficient (Wildman–Crippen LogP) is 2.17. The average Bonchev–Trinajstić information content (AvgIpc) is 1.89. The Morgan fingerprint density at radius 1 is 1.44 bits per heavy atom. The Morgan fingerprint density at radius 3 is 2.78 bits per heavy atom. The zero-order valence-electron chi connectivity index (χ0n) is 5.93. The summed E-state index contributed by atoms with van der Waals surface area (Å²) in [6, 6.07) is 0. The van der Waals surface area contributed by atoms with E-state index in [0.717, 1.165) is 6.54 Å². The van der Waals surface area contributed by atoms with Crippen molar-refractivity contribution in [1.29, 1.82) is 0 Å². The van der Waals surface area contributed by atoms with E-state index in [9.17, 15) is 0 Å². The van der Waals surface area contributed by atoms with Crippen LogP contribution in [-0.4, -0.2) is 6.54 Å². The lowest BCUT2D eigenvalue weighted by molar-refractivity contribution is 0.683. The van der Waals surface area contributed by atoms with Gasteiger partial charge < -0.3 is 5.32 Å². The second-order valence-electron chi connectivity index (χ2n) is 1.98. The Balaban J connectivity index is 2.75. The molecule has 0 unspecified atom stereocenters. The molecule has 0 aromatic rings. The summed E-state index contributed by atoms with van der Waals surface area (Å²) < 4.78 is 0. The highest BCUT2D eigenvalue weighted by molar-refractivity contribution is 7.83. The minimum Gasteiger partial charge on any atom is -0.390 e. The molecule has 0 aromatic heterocycles. The Hall–Kier alpha value is -0.110. The van der Waals surface area contributed by atoms with Crippen LogP contribution in [0.4, 0.5) is 0 Å². The molecule has 0 aliphatic rings. The van der Waals surface area contributed by atoms with E-state index in [1.165, 1.54) is 19.3 Å². The third kappa shape index (κ3) is 7.89. The molecular formula is C7H15NS. The summed E-state index contributed by atoms with van der Waals surface area (Å²) in [6.07, 6.45) is 5.72. The topological polar surface area (TPSA) is 12.0 Å². The summed E-state index contributed by atoms with van der Waals surface area (Å²) in [4.78, 5) is 0. The Kier molecular flexibility index (Phi) is 7.79. The van der Waals surface area contributed by atoms with Gasteiger partial charge >= 0.3 is 0 Å². The zero-order chi connectivity index (χ0) is 6.95. The van der Waals surface area contributed by atoms with E-state index < -0.39 is 0 Å². The molecule has 0 aliphatic heterocycles. The van der Waals surface area contributed by atoms with E-state index >= 15 is 0 Å². The second kappa shape index (κ2) is 7.89. The first-order valence-electron chi connectivity index (χ1n) is 3.44.